The summed E-state index contributed by atoms with van der Waals surface area (Å²) >= 11 is 0. The Balaban J connectivity index is 2.06. The molecule has 2 rings (SSSR count). The van der Waals surface area contributed by atoms with Crippen LogP contribution in [-0.4, -0.2) is 54.7 Å². The number of nitrogens with zero attached hydrogens (tertiary/aromatic N) is 1. The number of carbonyl (C=O) groups is 1. The van der Waals surface area contributed by atoms with E-state index in [4.69, 9.17) is 10.5 Å². The monoisotopic (exact) mass is 283 g/mol. The van der Waals surface area contributed by atoms with E-state index in [-0.39, 0.29) is 24.0 Å². The van der Waals surface area contributed by atoms with E-state index in [1.807, 2.05) is 13.8 Å². The summed E-state index contributed by atoms with van der Waals surface area (Å²) in [5.74, 6) is 0.0798. The van der Waals surface area contributed by atoms with E-state index in [9.17, 15) is 4.79 Å². The molecule has 1 amide bonds. The van der Waals surface area contributed by atoms with Crippen molar-refractivity contribution in [1.29, 1.82) is 0 Å². The van der Waals surface area contributed by atoms with Crippen molar-refractivity contribution in [1.82, 2.24) is 10.2 Å². The third-order valence-electron chi connectivity index (χ3n) is 4.36. The molecule has 20 heavy (non-hydrogen) atoms. The fourth-order valence-corrected chi connectivity index (χ4v) is 3.35. The summed E-state index contributed by atoms with van der Waals surface area (Å²) in [6, 6.07) is 0.489. The maximum atomic E-state index is 12.4. The first-order valence-corrected chi connectivity index (χ1v) is 7.99. The van der Waals surface area contributed by atoms with Gasteiger partial charge in [0.15, 0.2) is 0 Å². The van der Waals surface area contributed by atoms with Crippen LogP contribution in [-0.2, 0) is 9.53 Å². The summed E-state index contributed by atoms with van der Waals surface area (Å²) in [6.45, 7) is 5.98. The highest BCUT2D eigenvalue weighted by Gasteiger charge is 2.37. The molecule has 116 valence electrons. The van der Waals surface area contributed by atoms with Crippen molar-refractivity contribution < 1.29 is 9.53 Å². The summed E-state index contributed by atoms with van der Waals surface area (Å²) < 4.78 is 5.53. The Labute approximate surface area is 122 Å². The minimum atomic E-state index is -0.180. The number of nitrogens with one attached hydrogen (secondary N) is 1. The van der Waals surface area contributed by atoms with Gasteiger partial charge in [-0.2, -0.15) is 0 Å². The minimum Gasteiger partial charge on any atom is -0.378 e. The van der Waals surface area contributed by atoms with E-state index in [0.717, 1.165) is 19.4 Å². The van der Waals surface area contributed by atoms with E-state index in [2.05, 4.69) is 10.2 Å². The first-order chi connectivity index (χ1) is 9.59. The van der Waals surface area contributed by atoms with Crippen molar-refractivity contribution >= 4 is 5.91 Å². The standard InChI is InChI=1S/C15H29N3O2/c1-11(2)17-15(19)14-10-20-9-8-18(14)13-7-5-3-4-6-12(13)16/h11-14H,3-10,16H2,1-2H3,(H,17,19). The summed E-state index contributed by atoms with van der Waals surface area (Å²) in [7, 11) is 0. The third kappa shape index (κ3) is 3.93. The molecule has 3 unspecified atom stereocenters. The van der Waals surface area contributed by atoms with Crippen molar-refractivity contribution in [2.45, 2.75) is 70.1 Å². The van der Waals surface area contributed by atoms with Crippen LogP contribution in [0.1, 0.15) is 46.0 Å². The van der Waals surface area contributed by atoms with E-state index in [0.29, 0.717) is 19.3 Å². The average Bonchev–Trinajstić information content (AvgIpc) is 2.62. The SMILES string of the molecule is CC(C)NC(=O)C1COCCN1C1CCCCCC1N. The first-order valence-electron chi connectivity index (χ1n) is 7.99. The fraction of sp³-hybridized carbons (Fsp3) is 0.933. The zero-order valence-corrected chi connectivity index (χ0v) is 12.8. The highest BCUT2D eigenvalue weighted by atomic mass is 16.5. The second-order valence-electron chi connectivity index (χ2n) is 6.36. The van der Waals surface area contributed by atoms with E-state index >= 15 is 0 Å². The topological polar surface area (TPSA) is 67.6 Å². The van der Waals surface area contributed by atoms with Gasteiger partial charge in [0, 0.05) is 24.7 Å². The zero-order chi connectivity index (χ0) is 14.5. The molecule has 1 aliphatic heterocycles. The van der Waals surface area contributed by atoms with Gasteiger partial charge >= 0.3 is 0 Å². The quantitative estimate of drug-likeness (QED) is 0.754. The van der Waals surface area contributed by atoms with Gasteiger partial charge in [0.2, 0.25) is 5.91 Å². The Morgan fingerprint density at radius 3 is 2.80 bits per heavy atom. The molecule has 0 aromatic heterocycles. The van der Waals surface area contributed by atoms with Gasteiger partial charge in [0.05, 0.1) is 13.2 Å². The van der Waals surface area contributed by atoms with Crippen LogP contribution >= 0.6 is 0 Å². The third-order valence-corrected chi connectivity index (χ3v) is 4.36. The molecule has 3 atom stereocenters. The number of ether oxygens (including phenoxy) is 1. The van der Waals surface area contributed by atoms with Gasteiger partial charge in [-0.3, -0.25) is 9.69 Å². The van der Waals surface area contributed by atoms with Gasteiger partial charge < -0.3 is 15.8 Å². The second-order valence-corrected chi connectivity index (χ2v) is 6.36. The molecule has 1 saturated carbocycles. The number of morpholine rings is 1. The van der Waals surface area contributed by atoms with Gasteiger partial charge in [-0.15, -0.1) is 0 Å². The van der Waals surface area contributed by atoms with Crippen molar-refractivity contribution in [2.75, 3.05) is 19.8 Å². The normalized spacial score (nSPS) is 32.9. The van der Waals surface area contributed by atoms with Crippen molar-refractivity contribution in [3.05, 3.63) is 0 Å². The van der Waals surface area contributed by atoms with E-state index in [1.54, 1.807) is 0 Å². The van der Waals surface area contributed by atoms with Gasteiger partial charge in [0.25, 0.3) is 0 Å². The molecule has 3 N–H and O–H groups in total. The fourth-order valence-electron chi connectivity index (χ4n) is 3.35. The number of hydrogen-bond acceptors (Lipinski definition) is 4. The number of carbonyl (C=O) groups excluding carboxylic acids is 1. The Morgan fingerprint density at radius 1 is 1.30 bits per heavy atom. The molecule has 1 saturated heterocycles. The molecule has 2 aliphatic rings. The predicted octanol–water partition coefficient (Wildman–Crippen LogP) is 0.872. The number of nitrogens with two attached hydrogens (primary N) is 1. The Bertz CT molecular complexity index is 322. The lowest BCUT2D eigenvalue weighted by Gasteiger charge is -2.42. The van der Waals surface area contributed by atoms with E-state index < -0.39 is 0 Å². The zero-order valence-electron chi connectivity index (χ0n) is 12.8. The molecule has 1 heterocycles. The highest BCUT2D eigenvalue weighted by molar-refractivity contribution is 5.82. The average molecular weight is 283 g/mol. The van der Waals surface area contributed by atoms with Crippen LogP contribution in [0.4, 0.5) is 0 Å². The smallest absolute Gasteiger partial charge is 0.239 e. The Morgan fingerprint density at radius 2 is 2.05 bits per heavy atom. The summed E-state index contributed by atoms with van der Waals surface area (Å²) in [5.41, 5.74) is 6.36. The molecule has 0 aromatic carbocycles. The lowest BCUT2D eigenvalue weighted by Crippen LogP contribution is -2.61. The molecule has 5 heteroatoms. The largest absolute Gasteiger partial charge is 0.378 e. The van der Waals surface area contributed by atoms with Crippen molar-refractivity contribution in [3.8, 4) is 0 Å². The molecule has 0 aromatic rings. The lowest BCUT2D eigenvalue weighted by molar-refractivity contribution is -0.135. The van der Waals surface area contributed by atoms with Crippen LogP contribution < -0.4 is 11.1 Å². The maximum Gasteiger partial charge on any atom is 0.239 e. The van der Waals surface area contributed by atoms with Crippen molar-refractivity contribution in [3.63, 3.8) is 0 Å². The number of amides is 1. The van der Waals surface area contributed by atoms with Crippen LogP contribution in [0.3, 0.4) is 0 Å². The molecule has 1 aliphatic carbocycles. The molecule has 2 fully saturated rings. The van der Waals surface area contributed by atoms with Gasteiger partial charge in [-0.1, -0.05) is 19.3 Å². The number of hydrogen-bond donors (Lipinski definition) is 2. The molecule has 5 nitrogen and oxygen atoms in total. The summed E-state index contributed by atoms with van der Waals surface area (Å²) in [6.07, 6.45) is 5.86. The summed E-state index contributed by atoms with van der Waals surface area (Å²) in [5, 5.41) is 3.01. The minimum absolute atomic E-state index is 0.0798. The van der Waals surface area contributed by atoms with Gasteiger partial charge in [0.1, 0.15) is 6.04 Å². The van der Waals surface area contributed by atoms with Crippen LogP contribution in [0, 0.1) is 0 Å². The van der Waals surface area contributed by atoms with Crippen LogP contribution in [0.25, 0.3) is 0 Å². The molecule has 0 spiro atoms. The molecular weight excluding hydrogens is 254 g/mol. The van der Waals surface area contributed by atoms with Gasteiger partial charge in [-0.25, -0.2) is 0 Å². The second kappa shape index (κ2) is 7.38. The van der Waals surface area contributed by atoms with Crippen LogP contribution in [0.2, 0.25) is 0 Å². The lowest BCUT2D eigenvalue weighted by atomic mass is 9.99. The Hall–Kier alpha value is -0.650. The maximum absolute atomic E-state index is 12.4. The van der Waals surface area contributed by atoms with Crippen LogP contribution in [0.5, 0.6) is 0 Å². The van der Waals surface area contributed by atoms with Gasteiger partial charge in [-0.05, 0) is 26.7 Å². The molecule has 0 radical (unpaired) electrons. The molecule has 0 bridgehead atoms. The highest BCUT2D eigenvalue weighted by Crippen LogP contribution is 2.24. The Kier molecular flexibility index (Phi) is 5.81. The predicted molar refractivity (Wildman–Crippen MR) is 79.4 cm³/mol. The van der Waals surface area contributed by atoms with Crippen molar-refractivity contribution in [2.24, 2.45) is 5.73 Å². The number of rotatable bonds is 3. The van der Waals surface area contributed by atoms with Crippen LogP contribution in [0.15, 0.2) is 0 Å². The molecular formula is C15H29N3O2. The summed E-state index contributed by atoms with van der Waals surface area (Å²) in [4.78, 5) is 14.7. The first kappa shape index (κ1) is 15.7. The van der Waals surface area contributed by atoms with E-state index in [1.165, 1.54) is 19.3 Å².